The topological polar surface area (TPSA) is 24.1 Å². The van der Waals surface area contributed by atoms with Crippen LogP contribution >= 0.6 is 0 Å². The first-order valence-corrected chi connectivity index (χ1v) is 6.96. The highest BCUT2D eigenvalue weighted by molar-refractivity contribution is 5.63. The van der Waals surface area contributed by atoms with Crippen LogP contribution in [-0.2, 0) is 0 Å². The Morgan fingerprint density at radius 1 is 0.650 bits per heavy atom. The number of anilines is 3. The van der Waals surface area contributed by atoms with E-state index in [0.717, 1.165) is 29.9 Å². The summed E-state index contributed by atoms with van der Waals surface area (Å²) in [7, 11) is 0. The maximum atomic E-state index is 3.42. The van der Waals surface area contributed by atoms with Crippen molar-refractivity contribution in [3.05, 3.63) is 78.5 Å². The molecule has 0 aliphatic heterocycles. The molecule has 0 aromatic heterocycles. The lowest BCUT2D eigenvalue weighted by molar-refractivity contribution is 1.02. The van der Waals surface area contributed by atoms with Gasteiger partial charge in [0.05, 0.1) is 0 Å². The first kappa shape index (κ1) is 12.5. The zero-order valence-corrected chi connectivity index (χ0v) is 11.3. The van der Waals surface area contributed by atoms with Crippen LogP contribution in [0.25, 0.3) is 0 Å². The summed E-state index contributed by atoms with van der Waals surface area (Å²) < 4.78 is 0. The lowest BCUT2D eigenvalue weighted by Gasteiger charge is -2.11. The molecule has 0 heterocycles. The lowest BCUT2D eigenvalue weighted by Crippen LogP contribution is -1.99. The molecule has 0 saturated carbocycles. The molecule has 2 N–H and O–H groups in total. The Bertz CT molecular complexity index is 610. The fraction of sp³-hybridized carbons (Fsp3) is 0.111. The molecule has 0 radical (unpaired) electrons. The fourth-order valence-electron chi connectivity index (χ4n) is 2.20. The zero-order chi connectivity index (χ0) is 13.6. The number of rotatable bonds is 4. The molecule has 0 unspecified atom stereocenters. The van der Waals surface area contributed by atoms with Crippen molar-refractivity contribution in [3.8, 4) is 0 Å². The minimum Gasteiger partial charge on any atom is -0.356 e. The molecular formula is C18H18N2. The molecule has 2 heteroatoms. The third-order valence-corrected chi connectivity index (χ3v) is 3.23. The molecule has 100 valence electrons. The summed E-state index contributed by atoms with van der Waals surface area (Å²) in [6.07, 6.45) is 8.83. The van der Waals surface area contributed by atoms with Gasteiger partial charge in [-0.15, -0.1) is 0 Å². The van der Waals surface area contributed by atoms with Gasteiger partial charge in [0.25, 0.3) is 0 Å². The van der Waals surface area contributed by atoms with Gasteiger partial charge in [0.1, 0.15) is 0 Å². The molecule has 20 heavy (non-hydrogen) atoms. The first-order chi connectivity index (χ1) is 9.90. The predicted octanol–water partition coefficient (Wildman–Crippen LogP) is 5.08. The molecule has 0 atom stereocenters. The summed E-state index contributed by atoms with van der Waals surface area (Å²) in [6.45, 7) is 0. The van der Waals surface area contributed by atoms with E-state index in [0.29, 0.717) is 0 Å². The second-order valence-electron chi connectivity index (χ2n) is 4.83. The summed E-state index contributed by atoms with van der Waals surface area (Å²) in [4.78, 5) is 0. The van der Waals surface area contributed by atoms with Gasteiger partial charge in [-0.25, -0.2) is 0 Å². The Morgan fingerprint density at radius 3 is 1.95 bits per heavy atom. The van der Waals surface area contributed by atoms with Crippen LogP contribution in [0.3, 0.4) is 0 Å². The standard InChI is InChI=1S/C18H18N2/c1-3-7-15(8-4-1)19-17-11-13-18(14-12-17)20-16-9-5-2-6-10-16/h1,3-5,7-14,19-20H,2,6H2. The average Bonchev–Trinajstić information content (AvgIpc) is 2.51. The minimum atomic E-state index is 1.09. The van der Waals surface area contributed by atoms with E-state index >= 15 is 0 Å². The Labute approximate surface area is 119 Å². The van der Waals surface area contributed by atoms with Crippen LogP contribution < -0.4 is 10.6 Å². The normalized spacial score (nSPS) is 13.7. The second-order valence-corrected chi connectivity index (χ2v) is 4.83. The van der Waals surface area contributed by atoms with Crippen molar-refractivity contribution in [1.82, 2.24) is 0 Å². The van der Waals surface area contributed by atoms with Gasteiger partial charge in [0.2, 0.25) is 0 Å². The number of hydrogen-bond donors (Lipinski definition) is 2. The Kier molecular flexibility index (Phi) is 3.83. The molecule has 1 aliphatic rings. The molecule has 0 spiro atoms. The monoisotopic (exact) mass is 262 g/mol. The molecule has 2 aromatic rings. The van der Waals surface area contributed by atoms with Crippen molar-refractivity contribution in [1.29, 1.82) is 0 Å². The largest absolute Gasteiger partial charge is 0.356 e. The van der Waals surface area contributed by atoms with E-state index in [4.69, 9.17) is 0 Å². The molecule has 0 bridgehead atoms. The van der Waals surface area contributed by atoms with Crippen LogP contribution in [-0.4, -0.2) is 0 Å². The highest BCUT2D eigenvalue weighted by Gasteiger charge is 1.99. The first-order valence-electron chi connectivity index (χ1n) is 6.96. The number of benzene rings is 2. The van der Waals surface area contributed by atoms with Crippen molar-refractivity contribution in [2.45, 2.75) is 12.8 Å². The Morgan fingerprint density at radius 2 is 1.30 bits per heavy atom. The Balaban J connectivity index is 1.65. The molecule has 2 aromatic carbocycles. The van der Waals surface area contributed by atoms with Crippen LogP contribution in [0, 0.1) is 0 Å². The average molecular weight is 262 g/mol. The third-order valence-electron chi connectivity index (χ3n) is 3.23. The maximum absolute atomic E-state index is 3.42. The molecule has 0 fully saturated rings. The Hall–Kier alpha value is -2.48. The lowest BCUT2D eigenvalue weighted by atomic mass is 10.1. The van der Waals surface area contributed by atoms with Crippen molar-refractivity contribution in [3.63, 3.8) is 0 Å². The van der Waals surface area contributed by atoms with E-state index in [-0.39, 0.29) is 0 Å². The number of hydrogen-bond acceptors (Lipinski definition) is 2. The van der Waals surface area contributed by atoms with E-state index in [1.807, 2.05) is 18.2 Å². The van der Waals surface area contributed by atoms with Gasteiger partial charge >= 0.3 is 0 Å². The van der Waals surface area contributed by atoms with Crippen molar-refractivity contribution in [2.24, 2.45) is 0 Å². The second kappa shape index (κ2) is 6.11. The molecule has 1 aliphatic carbocycles. The summed E-state index contributed by atoms with van der Waals surface area (Å²) >= 11 is 0. The van der Waals surface area contributed by atoms with E-state index in [1.54, 1.807) is 0 Å². The third kappa shape index (κ3) is 3.29. The van der Waals surface area contributed by atoms with E-state index < -0.39 is 0 Å². The highest BCUT2D eigenvalue weighted by Crippen LogP contribution is 2.20. The van der Waals surface area contributed by atoms with E-state index in [2.05, 4.69) is 65.3 Å². The van der Waals surface area contributed by atoms with Gasteiger partial charge < -0.3 is 10.6 Å². The van der Waals surface area contributed by atoms with E-state index in [9.17, 15) is 0 Å². The van der Waals surface area contributed by atoms with Crippen molar-refractivity contribution >= 4 is 17.1 Å². The minimum absolute atomic E-state index is 1.09. The van der Waals surface area contributed by atoms with Gasteiger partial charge in [-0.2, -0.15) is 0 Å². The molecular weight excluding hydrogens is 244 g/mol. The van der Waals surface area contributed by atoms with Crippen LogP contribution in [0.1, 0.15) is 12.8 Å². The van der Waals surface area contributed by atoms with Gasteiger partial charge in [-0.1, -0.05) is 30.4 Å². The number of allylic oxidation sites excluding steroid dienone is 3. The summed E-state index contributed by atoms with van der Waals surface area (Å²) in [6, 6.07) is 18.5. The number of nitrogens with one attached hydrogen (secondary N) is 2. The summed E-state index contributed by atoms with van der Waals surface area (Å²) in [5.41, 5.74) is 4.49. The van der Waals surface area contributed by atoms with Crippen molar-refractivity contribution < 1.29 is 0 Å². The SMILES string of the molecule is C1=CC(Nc2ccc(Nc3ccccc3)cc2)=CCC1. The van der Waals surface area contributed by atoms with Gasteiger partial charge in [-0.05, 0) is 55.3 Å². The molecule has 0 saturated heterocycles. The summed E-state index contributed by atoms with van der Waals surface area (Å²) in [5, 5.41) is 6.80. The summed E-state index contributed by atoms with van der Waals surface area (Å²) in [5.74, 6) is 0. The quantitative estimate of drug-likeness (QED) is 0.803. The zero-order valence-electron chi connectivity index (χ0n) is 11.3. The van der Waals surface area contributed by atoms with Gasteiger partial charge in [-0.3, -0.25) is 0 Å². The van der Waals surface area contributed by atoms with Crippen molar-refractivity contribution in [2.75, 3.05) is 10.6 Å². The predicted molar refractivity (Wildman–Crippen MR) is 86.2 cm³/mol. The number of para-hydroxylation sites is 1. The van der Waals surface area contributed by atoms with Crippen LogP contribution in [0.2, 0.25) is 0 Å². The molecule has 2 nitrogen and oxygen atoms in total. The van der Waals surface area contributed by atoms with Crippen LogP contribution in [0.5, 0.6) is 0 Å². The van der Waals surface area contributed by atoms with Gasteiger partial charge in [0.15, 0.2) is 0 Å². The van der Waals surface area contributed by atoms with Gasteiger partial charge in [0, 0.05) is 22.8 Å². The highest BCUT2D eigenvalue weighted by atomic mass is 14.9. The molecule has 0 amide bonds. The van der Waals surface area contributed by atoms with Crippen LogP contribution in [0.15, 0.2) is 78.5 Å². The van der Waals surface area contributed by atoms with E-state index in [1.165, 1.54) is 5.70 Å². The molecule has 3 rings (SSSR count). The maximum Gasteiger partial charge on any atom is 0.0385 e. The van der Waals surface area contributed by atoms with Crippen LogP contribution in [0.4, 0.5) is 17.1 Å². The smallest absolute Gasteiger partial charge is 0.0385 e. The fourth-order valence-corrected chi connectivity index (χ4v) is 2.20.